The van der Waals surface area contributed by atoms with Crippen molar-refractivity contribution in [1.29, 1.82) is 0 Å². The van der Waals surface area contributed by atoms with Gasteiger partial charge in [0.15, 0.2) is 6.29 Å². The SMILES string of the molecule is C=C1C(O)CC2C=COC(OC3OC(CO)C(O)C(O)C3O)C12. The molecule has 8 heteroatoms. The second-order valence-corrected chi connectivity index (χ2v) is 6.18. The van der Waals surface area contributed by atoms with Crippen LogP contribution in [-0.4, -0.2) is 75.2 Å². The Morgan fingerprint density at radius 1 is 1.13 bits per heavy atom. The molecule has 9 atom stereocenters. The van der Waals surface area contributed by atoms with Crippen LogP contribution in [0.5, 0.6) is 0 Å². The van der Waals surface area contributed by atoms with Crippen LogP contribution in [-0.2, 0) is 14.2 Å². The lowest BCUT2D eigenvalue weighted by atomic mass is 9.91. The fourth-order valence-corrected chi connectivity index (χ4v) is 3.36. The van der Waals surface area contributed by atoms with Crippen LogP contribution in [0.2, 0.25) is 0 Å². The van der Waals surface area contributed by atoms with Crippen molar-refractivity contribution < 1.29 is 39.7 Å². The molecule has 23 heavy (non-hydrogen) atoms. The van der Waals surface area contributed by atoms with Crippen molar-refractivity contribution in [1.82, 2.24) is 0 Å². The molecule has 0 radical (unpaired) electrons. The molecule has 8 nitrogen and oxygen atoms in total. The van der Waals surface area contributed by atoms with Gasteiger partial charge in [-0.15, -0.1) is 0 Å². The van der Waals surface area contributed by atoms with Crippen molar-refractivity contribution in [3.8, 4) is 0 Å². The largest absolute Gasteiger partial charge is 0.472 e. The van der Waals surface area contributed by atoms with E-state index in [4.69, 9.17) is 14.2 Å². The summed E-state index contributed by atoms with van der Waals surface area (Å²) in [5, 5.41) is 48.7. The summed E-state index contributed by atoms with van der Waals surface area (Å²) >= 11 is 0. The van der Waals surface area contributed by atoms with Gasteiger partial charge in [0.1, 0.15) is 24.4 Å². The van der Waals surface area contributed by atoms with Crippen molar-refractivity contribution in [2.24, 2.45) is 11.8 Å². The smallest absolute Gasteiger partial charge is 0.208 e. The number of aliphatic hydroxyl groups is 5. The molecule has 2 heterocycles. The lowest BCUT2D eigenvalue weighted by molar-refractivity contribution is -0.339. The molecular weight excluding hydrogens is 308 g/mol. The highest BCUT2D eigenvalue weighted by Crippen LogP contribution is 2.43. The van der Waals surface area contributed by atoms with Crippen molar-refractivity contribution in [2.45, 2.75) is 49.5 Å². The summed E-state index contributed by atoms with van der Waals surface area (Å²) in [4.78, 5) is 0. The normalized spacial score (nSPS) is 49.8. The zero-order chi connectivity index (χ0) is 16.7. The molecule has 1 saturated heterocycles. The molecule has 130 valence electrons. The molecule has 0 aromatic rings. The fourth-order valence-electron chi connectivity index (χ4n) is 3.36. The highest BCUT2D eigenvalue weighted by molar-refractivity contribution is 5.21. The van der Waals surface area contributed by atoms with Crippen LogP contribution in [0, 0.1) is 11.8 Å². The first-order valence-corrected chi connectivity index (χ1v) is 7.59. The number of hydrogen-bond acceptors (Lipinski definition) is 8. The third kappa shape index (κ3) is 2.91. The van der Waals surface area contributed by atoms with Gasteiger partial charge in [-0.05, 0) is 24.0 Å². The minimum absolute atomic E-state index is 0.00105. The molecule has 3 rings (SSSR count). The summed E-state index contributed by atoms with van der Waals surface area (Å²) in [6, 6.07) is 0. The average Bonchev–Trinajstić information content (AvgIpc) is 2.83. The zero-order valence-corrected chi connectivity index (χ0v) is 12.4. The highest BCUT2D eigenvalue weighted by atomic mass is 16.8. The number of allylic oxidation sites excluding steroid dienone is 1. The lowest BCUT2D eigenvalue weighted by Gasteiger charge is -2.42. The zero-order valence-electron chi connectivity index (χ0n) is 12.4. The lowest BCUT2D eigenvalue weighted by Crippen LogP contribution is -2.60. The molecule has 0 amide bonds. The van der Waals surface area contributed by atoms with Crippen LogP contribution < -0.4 is 0 Å². The first-order chi connectivity index (χ1) is 10.9. The average molecular weight is 330 g/mol. The molecule has 0 bridgehead atoms. The van der Waals surface area contributed by atoms with E-state index < -0.39 is 49.7 Å². The van der Waals surface area contributed by atoms with Gasteiger partial charge < -0.3 is 39.7 Å². The first kappa shape index (κ1) is 16.8. The molecule has 1 aliphatic carbocycles. The van der Waals surface area contributed by atoms with E-state index in [1.807, 2.05) is 6.08 Å². The van der Waals surface area contributed by atoms with Crippen LogP contribution in [0.1, 0.15) is 6.42 Å². The summed E-state index contributed by atoms with van der Waals surface area (Å²) in [5.41, 5.74) is 0.578. The predicted octanol–water partition coefficient (Wildman–Crippen LogP) is -1.77. The summed E-state index contributed by atoms with van der Waals surface area (Å²) in [7, 11) is 0. The highest BCUT2D eigenvalue weighted by Gasteiger charge is 2.49. The molecule has 5 N–H and O–H groups in total. The van der Waals surface area contributed by atoms with E-state index in [9.17, 15) is 25.5 Å². The van der Waals surface area contributed by atoms with Gasteiger partial charge in [-0.2, -0.15) is 0 Å². The number of rotatable bonds is 3. The van der Waals surface area contributed by atoms with Crippen molar-refractivity contribution in [2.75, 3.05) is 6.61 Å². The van der Waals surface area contributed by atoms with Gasteiger partial charge in [-0.3, -0.25) is 0 Å². The fraction of sp³-hybridized carbons (Fsp3) is 0.733. The predicted molar refractivity (Wildman–Crippen MR) is 75.6 cm³/mol. The second-order valence-electron chi connectivity index (χ2n) is 6.18. The Morgan fingerprint density at radius 2 is 1.87 bits per heavy atom. The van der Waals surface area contributed by atoms with Crippen molar-refractivity contribution >= 4 is 0 Å². The van der Waals surface area contributed by atoms with Crippen molar-refractivity contribution in [3.05, 3.63) is 24.5 Å². The van der Waals surface area contributed by atoms with E-state index in [0.717, 1.165) is 0 Å². The molecule has 0 aromatic heterocycles. The van der Waals surface area contributed by atoms with E-state index in [-0.39, 0.29) is 11.8 Å². The van der Waals surface area contributed by atoms with Gasteiger partial charge in [-0.25, -0.2) is 0 Å². The Balaban J connectivity index is 1.73. The topological polar surface area (TPSA) is 129 Å². The number of ether oxygens (including phenoxy) is 3. The van der Waals surface area contributed by atoms with Gasteiger partial charge >= 0.3 is 0 Å². The molecule has 2 fully saturated rings. The summed E-state index contributed by atoms with van der Waals surface area (Å²) in [5.74, 6) is -0.302. The Morgan fingerprint density at radius 3 is 2.57 bits per heavy atom. The summed E-state index contributed by atoms with van der Waals surface area (Å²) < 4.78 is 16.4. The van der Waals surface area contributed by atoms with E-state index >= 15 is 0 Å². The maximum atomic E-state index is 10.0. The number of hydrogen-bond donors (Lipinski definition) is 5. The third-order valence-corrected chi connectivity index (χ3v) is 4.76. The molecule has 2 aliphatic heterocycles. The summed E-state index contributed by atoms with van der Waals surface area (Å²) in [6.07, 6.45) is -4.51. The monoisotopic (exact) mass is 330 g/mol. The van der Waals surface area contributed by atoms with E-state index in [1.165, 1.54) is 6.26 Å². The quantitative estimate of drug-likeness (QED) is 0.384. The van der Waals surface area contributed by atoms with Gasteiger partial charge in [0.25, 0.3) is 0 Å². The van der Waals surface area contributed by atoms with Crippen LogP contribution in [0.25, 0.3) is 0 Å². The second kappa shape index (κ2) is 6.48. The van der Waals surface area contributed by atoms with Gasteiger partial charge in [0, 0.05) is 0 Å². The Bertz CT molecular complexity index is 478. The Labute approximate surface area is 133 Å². The minimum atomic E-state index is -1.52. The number of aliphatic hydroxyl groups excluding tert-OH is 5. The van der Waals surface area contributed by atoms with Crippen molar-refractivity contribution in [3.63, 3.8) is 0 Å². The van der Waals surface area contributed by atoms with Crippen LogP contribution in [0.4, 0.5) is 0 Å². The van der Waals surface area contributed by atoms with E-state index in [0.29, 0.717) is 12.0 Å². The molecule has 1 saturated carbocycles. The van der Waals surface area contributed by atoms with Gasteiger partial charge in [0.2, 0.25) is 6.29 Å². The third-order valence-electron chi connectivity index (χ3n) is 4.76. The van der Waals surface area contributed by atoms with E-state index in [2.05, 4.69) is 6.58 Å². The van der Waals surface area contributed by atoms with Gasteiger partial charge in [0.05, 0.1) is 24.9 Å². The molecular formula is C15H22O8. The summed E-state index contributed by atoms with van der Waals surface area (Å²) in [6.45, 7) is 3.33. The van der Waals surface area contributed by atoms with Gasteiger partial charge in [-0.1, -0.05) is 6.58 Å². The minimum Gasteiger partial charge on any atom is -0.472 e. The molecule has 0 aromatic carbocycles. The Kier molecular flexibility index (Phi) is 4.75. The standard InChI is InChI=1S/C15H22O8/c1-6-8(17)4-7-2-3-21-14(10(6)7)23-15-13(20)12(19)11(18)9(5-16)22-15/h2-3,7-20H,1,4-5H2. The maximum absolute atomic E-state index is 10.0. The maximum Gasteiger partial charge on any atom is 0.208 e. The van der Waals surface area contributed by atoms with Crippen LogP contribution in [0.3, 0.4) is 0 Å². The van der Waals surface area contributed by atoms with Crippen LogP contribution in [0.15, 0.2) is 24.5 Å². The molecule has 3 aliphatic rings. The van der Waals surface area contributed by atoms with E-state index in [1.54, 1.807) is 0 Å². The van der Waals surface area contributed by atoms with Crippen LogP contribution >= 0.6 is 0 Å². The molecule has 9 unspecified atom stereocenters. The molecule has 0 spiro atoms. The number of fused-ring (bicyclic) bond motifs is 1. The first-order valence-electron chi connectivity index (χ1n) is 7.59. The Hall–Kier alpha value is -1.00.